The first-order valence-corrected chi connectivity index (χ1v) is 6.96. The lowest BCUT2D eigenvalue weighted by atomic mass is 10.00. The molecule has 0 aliphatic carbocycles. The largest absolute Gasteiger partial charge is 0.507 e. The second-order valence-electron chi connectivity index (χ2n) is 4.62. The van der Waals surface area contributed by atoms with Crippen LogP contribution in [-0.4, -0.2) is 18.1 Å². The monoisotopic (exact) mass is 258 g/mol. The minimum atomic E-state index is -4.28. The summed E-state index contributed by atoms with van der Waals surface area (Å²) in [6.07, 6.45) is 1.18. The summed E-state index contributed by atoms with van der Waals surface area (Å²) in [6.45, 7) is 5.72. The van der Waals surface area contributed by atoms with E-state index in [0.717, 1.165) is 6.42 Å². The van der Waals surface area contributed by atoms with Gasteiger partial charge in [-0.2, -0.15) is 8.42 Å². The zero-order chi connectivity index (χ0) is 13.2. The second kappa shape index (κ2) is 5.06. The Balaban J connectivity index is 3.27. The maximum atomic E-state index is 11.2. The van der Waals surface area contributed by atoms with E-state index in [0.29, 0.717) is 23.5 Å². The first kappa shape index (κ1) is 14.0. The Kier molecular flexibility index (Phi) is 4.16. The Labute approximate surface area is 102 Å². The molecule has 0 saturated heterocycles. The maximum Gasteiger partial charge on any atom is 0.294 e. The van der Waals surface area contributed by atoms with Gasteiger partial charge in [-0.25, -0.2) is 0 Å². The first-order valence-electron chi connectivity index (χ1n) is 5.52. The Bertz CT molecular complexity index is 503. The van der Waals surface area contributed by atoms with Crippen LogP contribution in [0.3, 0.4) is 0 Å². The molecule has 17 heavy (non-hydrogen) atoms. The summed E-state index contributed by atoms with van der Waals surface area (Å²) in [7, 11) is -4.28. The summed E-state index contributed by atoms with van der Waals surface area (Å²) in [5.41, 5.74) is 0.914. The topological polar surface area (TPSA) is 74.6 Å². The zero-order valence-corrected chi connectivity index (χ0v) is 11.1. The van der Waals surface area contributed by atoms with Gasteiger partial charge in [0.2, 0.25) is 0 Å². The minimum absolute atomic E-state index is 0.0409. The molecule has 0 heterocycles. The predicted octanol–water partition coefficient (Wildman–Crippen LogP) is 2.54. The van der Waals surface area contributed by atoms with E-state index in [4.69, 9.17) is 4.55 Å². The van der Waals surface area contributed by atoms with E-state index in [-0.39, 0.29) is 10.6 Å². The van der Waals surface area contributed by atoms with Crippen molar-refractivity contribution in [1.29, 1.82) is 0 Å². The molecule has 2 N–H and O–H groups in total. The van der Waals surface area contributed by atoms with Gasteiger partial charge in [0, 0.05) is 5.56 Å². The number of phenols is 1. The molecule has 1 aromatic carbocycles. The average Bonchev–Trinajstić information content (AvgIpc) is 2.18. The minimum Gasteiger partial charge on any atom is -0.507 e. The molecular weight excluding hydrogens is 240 g/mol. The molecule has 0 bridgehead atoms. The van der Waals surface area contributed by atoms with Crippen molar-refractivity contribution in [3.05, 3.63) is 23.3 Å². The van der Waals surface area contributed by atoms with Crippen molar-refractivity contribution in [2.75, 3.05) is 0 Å². The highest BCUT2D eigenvalue weighted by atomic mass is 32.2. The van der Waals surface area contributed by atoms with Crippen LogP contribution in [0.5, 0.6) is 5.75 Å². The van der Waals surface area contributed by atoms with Gasteiger partial charge in [-0.1, -0.05) is 19.9 Å². The van der Waals surface area contributed by atoms with E-state index < -0.39 is 10.1 Å². The van der Waals surface area contributed by atoms with Crippen LogP contribution in [0, 0.1) is 12.8 Å². The second-order valence-corrected chi connectivity index (χ2v) is 6.01. The molecule has 0 aliphatic heterocycles. The number of hydrogen-bond donors (Lipinski definition) is 2. The zero-order valence-electron chi connectivity index (χ0n) is 10.3. The van der Waals surface area contributed by atoms with Crippen molar-refractivity contribution in [3.8, 4) is 5.75 Å². The van der Waals surface area contributed by atoms with Crippen molar-refractivity contribution in [2.45, 2.75) is 38.5 Å². The van der Waals surface area contributed by atoms with E-state index in [1.54, 1.807) is 6.92 Å². The van der Waals surface area contributed by atoms with Crippen LogP contribution in [-0.2, 0) is 16.5 Å². The number of rotatable bonds is 4. The molecule has 0 aliphatic rings. The van der Waals surface area contributed by atoms with E-state index in [2.05, 4.69) is 0 Å². The van der Waals surface area contributed by atoms with Crippen LogP contribution in [0.25, 0.3) is 0 Å². The van der Waals surface area contributed by atoms with Gasteiger partial charge in [0.25, 0.3) is 10.1 Å². The van der Waals surface area contributed by atoms with Crippen LogP contribution in [0.4, 0.5) is 0 Å². The quantitative estimate of drug-likeness (QED) is 0.814. The number of benzene rings is 1. The van der Waals surface area contributed by atoms with Gasteiger partial charge in [-0.3, -0.25) is 4.55 Å². The number of aryl methyl sites for hydroxylation is 1. The first-order chi connectivity index (χ1) is 7.73. The summed E-state index contributed by atoms with van der Waals surface area (Å²) >= 11 is 0. The van der Waals surface area contributed by atoms with Crippen molar-refractivity contribution in [3.63, 3.8) is 0 Å². The molecule has 0 atom stereocenters. The lowest BCUT2D eigenvalue weighted by molar-refractivity contribution is 0.449. The Morgan fingerprint density at radius 3 is 2.35 bits per heavy atom. The third kappa shape index (κ3) is 3.44. The molecule has 96 valence electrons. The highest BCUT2D eigenvalue weighted by molar-refractivity contribution is 7.85. The van der Waals surface area contributed by atoms with E-state index >= 15 is 0 Å². The van der Waals surface area contributed by atoms with Gasteiger partial charge in [0.15, 0.2) is 0 Å². The third-order valence-electron chi connectivity index (χ3n) is 2.69. The smallest absolute Gasteiger partial charge is 0.294 e. The standard InChI is InChI=1S/C12H18O4S/c1-8(2)4-6-10-11(17(14,15)16)7-5-9(3)12(10)13/h5,7-8,13H,4,6H2,1-3H3,(H,14,15,16). The fraction of sp³-hybridized carbons (Fsp3) is 0.500. The molecule has 5 heteroatoms. The van der Waals surface area contributed by atoms with Crippen molar-refractivity contribution in [2.24, 2.45) is 5.92 Å². The molecular formula is C12H18O4S. The van der Waals surface area contributed by atoms with Crippen molar-refractivity contribution in [1.82, 2.24) is 0 Å². The highest BCUT2D eigenvalue weighted by Crippen LogP contribution is 2.30. The molecule has 1 aromatic rings. The van der Waals surface area contributed by atoms with E-state index in [1.165, 1.54) is 12.1 Å². The van der Waals surface area contributed by atoms with Gasteiger partial charge in [-0.15, -0.1) is 0 Å². The van der Waals surface area contributed by atoms with E-state index in [1.807, 2.05) is 13.8 Å². The lowest BCUT2D eigenvalue weighted by Crippen LogP contribution is -2.05. The Morgan fingerprint density at radius 1 is 1.29 bits per heavy atom. The van der Waals surface area contributed by atoms with Crippen LogP contribution >= 0.6 is 0 Å². The number of aromatic hydroxyl groups is 1. The summed E-state index contributed by atoms with van der Waals surface area (Å²) in [5.74, 6) is 0.352. The molecule has 0 radical (unpaired) electrons. The maximum absolute atomic E-state index is 11.2. The summed E-state index contributed by atoms with van der Waals surface area (Å²) in [4.78, 5) is -0.193. The summed E-state index contributed by atoms with van der Waals surface area (Å²) < 4.78 is 31.5. The Hall–Kier alpha value is -1.07. The molecule has 0 amide bonds. The molecule has 0 aromatic heterocycles. The predicted molar refractivity (Wildman–Crippen MR) is 65.8 cm³/mol. The molecule has 4 nitrogen and oxygen atoms in total. The van der Waals surface area contributed by atoms with Crippen molar-refractivity contribution >= 4 is 10.1 Å². The normalized spacial score (nSPS) is 12.1. The molecule has 0 saturated carbocycles. The fourth-order valence-electron chi connectivity index (χ4n) is 1.65. The summed E-state index contributed by atoms with van der Waals surface area (Å²) in [5, 5.41) is 9.88. The Morgan fingerprint density at radius 2 is 1.88 bits per heavy atom. The lowest BCUT2D eigenvalue weighted by Gasteiger charge is -2.12. The third-order valence-corrected chi connectivity index (χ3v) is 3.63. The van der Waals surface area contributed by atoms with Gasteiger partial charge < -0.3 is 5.11 Å². The van der Waals surface area contributed by atoms with Gasteiger partial charge in [0.1, 0.15) is 10.6 Å². The molecule has 0 fully saturated rings. The van der Waals surface area contributed by atoms with Gasteiger partial charge in [-0.05, 0) is 37.3 Å². The van der Waals surface area contributed by atoms with Crippen LogP contribution in [0.15, 0.2) is 17.0 Å². The van der Waals surface area contributed by atoms with E-state index in [9.17, 15) is 13.5 Å². The van der Waals surface area contributed by atoms with Crippen LogP contribution in [0.1, 0.15) is 31.4 Å². The molecule has 0 spiro atoms. The average molecular weight is 258 g/mol. The fourth-order valence-corrected chi connectivity index (χ4v) is 2.40. The highest BCUT2D eigenvalue weighted by Gasteiger charge is 2.19. The molecule has 1 rings (SSSR count). The number of phenolic OH excluding ortho intramolecular Hbond substituents is 1. The van der Waals surface area contributed by atoms with Crippen molar-refractivity contribution < 1.29 is 18.1 Å². The number of hydrogen-bond acceptors (Lipinski definition) is 3. The van der Waals surface area contributed by atoms with Gasteiger partial charge in [0.05, 0.1) is 0 Å². The van der Waals surface area contributed by atoms with Crippen LogP contribution < -0.4 is 0 Å². The molecule has 0 unspecified atom stereocenters. The van der Waals surface area contributed by atoms with Crippen LogP contribution in [0.2, 0.25) is 0 Å². The summed E-state index contributed by atoms with van der Waals surface area (Å²) in [6, 6.07) is 2.82. The van der Waals surface area contributed by atoms with Gasteiger partial charge >= 0.3 is 0 Å². The SMILES string of the molecule is Cc1ccc(S(=O)(=O)O)c(CCC(C)C)c1O.